The van der Waals surface area contributed by atoms with Crippen LogP contribution in [0.4, 0.5) is 5.69 Å². The van der Waals surface area contributed by atoms with Crippen LogP contribution in [0.3, 0.4) is 0 Å². The molecule has 0 saturated carbocycles. The van der Waals surface area contributed by atoms with E-state index in [1.54, 1.807) is 7.11 Å². The maximum absolute atomic E-state index is 6.13. The predicted octanol–water partition coefficient (Wildman–Crippen LogP) is 6.21. The van der Waals surface area contributed by atoms with Gasteiger partial charge >= 0.3 is 0 Å². The molecule has 4 nitrogen and oxygen atoms in total. The highest BCUT2D eigenvalue weighted by Gasteiger charge is 2.08. The number of fused-ring (bicyclic) bond motifs is 1. The van der Waals surface area contributed by atoms with E-state index in [4.69, 9.17) is 9.47 Å². The molecule has 0 atom stereocenters. The lowest BCUT2D eigenvalue weighted by Crippen LogP contribution is -2.08. The van der Waals surface area contributed by atoms with Crippen molar-refractivity contribution in [2.75, 3.05) is 19.2 Å². The fraction of sp³-hybridized carbons (Fsp3) is 0.148. The molecule has 0 bridgehead atoms. The van der Waals surface area contributed by atoms with Gasteiger partial charge in [-0.1, -0.05) is 54.6 Å². The van der Waals surface area contributed by atoms with E-state index < -0.39 is 0 Å². The molecule has 0 N–H and O–H groups in total. The summed E-state index contributed by atoms with van der Waals surface area (Å²) >= 11 is 0. The third kappa shape index (κ3) is 4.69. The van der Waals surface area contributed by atoms with Crippen molar-refractivity contribution in [2.45, 2.75) is 13.5 Å². The van der Waals surface area contributed by atoms with Gasteiger partial charge in [-0.05, 0) is 64.7 Å². The van der Waals surface area contributed by atoms with Crippen molar-refractivity contribution in [1.82, 2.24) is 0 Å². The van der Waals surface area contributed by atoms with Crippen molar-refractivity contribution >= 4 is 22.7 Å². The minimum absolute atomic E-state index is 0.474. The molecule has 0 spiro atoms. The molecular weight excluding hydrogens is 384 g/mol. The first-order chi connectivity index (χ1) is 15.2. The number of ether oxygens (including phenoxy) is 2. The molecule has 0 amide bonds. The summed E-state index contributed by atoms with van der Waals surface area (Å²) in [5.41, 5.74) is 4.38. The summed E-state index contributed by atoms with van der Waals surface area (Å²) in [6.07, 6.45) is 1.81. The molecule has 4 rings (SSSR count). The van der Waals surface area contributed by atoms with Gasteiger partial charge in [0.1, 0.15) is 6.61 Å². The average Bonchev–Trinajstić information content (AvgIpc) is 2.83. The third-order valence-corrected chi connectivity index (χ3v) is 5.31. The van der Waals surface area contributed by atoms with Crippen LogP contribution >= 0.6 is 0 Å². The lowest BCUT2D eigenvalue weighted by atomic mass is 10.0. The molecule has 31 heavy (non-hydrogen) atoms. The van der Waals surface area contributed by atoms with Crippen LogP contribution in [0.1, 0.15) is 16.7 Å². The summed E-state index contributed by atoms with van der Waals surface area (Å²) in [6.45, 7) is 2.60. The number of benzene rings is 4. The summed E-state index contributed by atoms with van der Waals surface area (Å²) in [7, 11) is 3.58. The van der Waals surface area contributed by atoms with Gasteiger partial charge in [0.05, 0.1) is 19.0 Å². The van der Waals surface area contributed by atoms with Gasteiger partial charge in [-0.25, -0.2) is 0 Å². The first kappa shape index (κ1) is 20.5. The highest BCUT2D eigenvalue weighted by atomic mass is 16.5. The third-order valence-electron chi connectivity index (χ3n) is 5.31. The number of anilines is 1. The van der Waals surface area contributed by atoms with Crippen molar-refractivity contribution in [3.05, 3.63) is 102 Å². The minimum atomic E-state index is 0.474. The van der Waals surface area contributed by atoms with Crippen molar-refractivity contribution < 1.29 is 9.47 Å². The molecular formula is C27H26N2O2. The number of hydrogen-bond donors (Lipinski definition) is 0. The van der Waals surface area contributed by atoms with Gasteiger partial charge in [-0.3, -0.25) is 5.01 Å². The Morgan fingerprint density at radius 3 is 2.35 bits per heavy atom. The second-order valence-electron chi connectivity index (χ2n) is 7.39. The molecule has 156 valence electrons. The van der Waals surface area contributed by atoms with Gasteiger partial charge in [0.25, 0.3) is 0 Å². The summed E-state index contributed by atoms with van der Waals surface area (Å²) in [5.74, 6) is 1.39. The van der Waals surface area contributed by atoms with E-state index >= 15 is 0 Å². The van der Waals surface area contributed by atoms with Gasteiger partial charge in [0.15, 0.2) is 11.5 Å². The van der Waals surface area contributed by atoms with E-state index in [9.17, 15) is 0 Å². The van der Waals surface area contributed by atoms with E-state index in [1.165, 1.54) is 16.3 Å². The maximum atomic E-state index is 6.13. The highest BCUT2D eigenvalue weighted by molar-refractivity contribution is 5.88. The summed E-state index contributed by atoms with van der Waals surface area (Å²) < 4.78 is 11.7. The normalized spacial score (nSPS) is 11.1. The van der Waals surface area contributed by atoms with Crippen LogP contribution in [0.25, 0.3) is 10.8 Å². The van der Waals surface area contributed by atoms with E-state index in [-0.39, 0.29) is 0 Å². The number of methoxy groups -OCH3 is 1. The Kier molecular flexibility index (Phi) is 6.18. The van der Waals surface area contributed by atoms with Crippen LogP contribution < -0.4 is 14.5 Å². The molecule has 4 heteroatoms. The van der Waals surface area contributed by atoms with Crippen molar-refractivity contribution in [2.24, 2.45) is 5.10 Å². The van der Waals surface area contributed by atoms with E-state index in [2.05, 4.69) is 48.4 Å². The quantitative estimate of drug-likeness (QED) is 0.268. The van der Waals surface area contributed by atoms with Gasteiger partial charge in [-0.2, -0.15) is 5.10 Å². The lowest BCUT2D eigenvalue weighted by Gasteiger charge is -2.14. The molecule has 4 aromatic carbocycles. The molecule has 0 aliphatic heterocycles. The maximum Gasteiger partial charge on any atom is 0.161 e. The fourth-order valence-electron chi connectivity index (χ4n) is 3.54. The van der Waals surface area contributed by atoms with Crippen LogP contribution in [0.5, 0.6) is 11.5 Å². The molecule has 4 aromatic rings. The second-order valence-corrected chi connectivity index (χ2v) is 7.39. The summed E-state index contributed by atoms with van der Waals surface area (Å²) in [5, 5.41) is 8.82. The number of rotatable bonds is 7. The standard InChI is InChI=1S/C27H26N2O2/c1-20-13-15-22(25-12-8-7-11-24(20)25)19-31-26-16-14-21(17-27(26)30-3)18-28-29(2)23-9-5-4-6-10-23/h4-18H,19H2,1-3H3/b28-18-. The molecule has 0 heterocycles. The highest BCUT2D eigenvalue weighted by Crippen LogP contribution is 2.30. The second kappa shape index (κ2) is 9.35. The van der Waals surface area contributed by atoms with Gasteiger partial charge in [0, 0.05) is 7.05 Å². The summed E-state index contributed by atoms with van der Waals surface area (Å²) in [4.78, 5) is 0. The van der Waals surface area contributed by atoms with Gasteiger partial charge in [0.2, 0.25) is 0 Å². The first-order valence-electron chi connectivity index (χ1n) is 10.3. The molecule has 0 saturated heterocycles. The Morgan fingerprint density at radius 2 is 1.58 bits per heavy atom. The number of aryl methyl sites for hydroxylation is 1. The van der Waals surface area contributed by atoms with Crippen molar-refractivity contribution in [3.8, 4) is 11.5 Å². The largest absolute Gasteiger partial charge is 0.493 e. The molecule has 0 radical (unpaired) electrons. The van der Waals surface area contributed by atoms with Crippen LogP contribution in [0.15, 0.2) is 90.0 Å². The smallest absolute Gasteiger partial charge is 0.161 e. The van der Waals surface area contributed by atoms with Crippen LogP contribution in [0, 0.1) is 6.92 Å². The zero-order valence-corrected chi connectivity index (χ0v) is 18.1. The Bertz CT molecular complexity index is 1200. The van der Waals surface area contributed by atoms with E-state index in [0.717, 1.165) is 16.8 Å². The Morgan fingerprint density at radius 1 is 0.839 bits per heavy atom. The van der Waals surface area contributed by atoms with Gasteiger partial charge in [-0.15, -0.1) is 0 Å². The van der Waals surface area contributed by atoms with E-state index in [1.807, 2.05) is 66.8 Å². The van der Waals surface area contributed by atoms with Crippen LogP contribution in [-0.2, 0) is 6.61 Å². The SMILES string of the molecule is COc1cc(/C=N\N(C)c2ccccc2)ccc1OCc1ccc(C)c2ccccc12. The Balaban J connectivity index is 1.50. The predicted molar refractivity (Wildman–Crippen MR) is 128 cm³/mol. The van der Waals surface area contributed by atoms with Gasteiger partial charge < -0.3 is 9.47 Å². The summed E-state index contributed by atoms with van der Waals surface area (Å²) in [6, 6.07) is 28.5. The molecule has 0 aliphatic rings. The zero-order chi connectivity index (χ0) is 21.6. The number of hydrogen-bond acceptors (Lipinski definition) is 4. The van der Waals surface area contributed by atoms with E-state index in [0.29, 0.717) is 18.1 Å². The minimum Gasteiger partial charge on any atom is -0.493 e. The molecule has 0 fully saturated rings. The molecule has 0 aromatic heterocycles. The first-order valence-corrected chi connectivity index (χ1v) is 10.3. The molecule has 0 unspecified atom stereocenters. The average molecular weight is 411 g/mol. The van der Waals surface area contributed by atoms with Crippen molar-refractivity contribution in [3.63, 3.8) is 0 Å². The topological polar surface area (TPSA) is 34.1 Å². The number of hydrazone groups is 1. The lowest BCUT2D eigenvalue weighted by molar-refractivity contribution is 0.285. The monoisotopic (exact) mass is 410 g/mol. The van der Waals surface area contributed by atoms with Crippen LogP contribution in [-0.4, -0.2) is 20.4 Å². The Hall–Kier alpha value is -3.79. The molecule has 0 aliphatic carbocycles. The van der Waals surface area contributed by atoms with Crippen LogP contribution in [0.2, 0.25) is 0 Å². The Labute approximate surface area is 183 Å². The zero-order valence-electron chi connectivity index (χ0n) is 18.1. The van der Waals surface area contributed by atoms with Crippen molar-refractivity contribution in [1.29, 1.82) is 0 Å². The number of nitrogens with zero attached hydrogens (tertiary/aromatic N) is 2. The number of para-hydroxylation sites is 1. The fourth-order valence-corrected chi connectivity index (χ4v) is 3.54.